The topological polar surface area (TPSA) is 102 Å². The van der Waals surface area contributed by atoms with Gasteiger partial charge >= 0.3 is 18.0 Å². The van der Waals surface area contributed by atoms with Crippen LogP contribution in [-0.2, 0) is 14.3 Å². The molecule has 1 saturated heterocycles. The van der Waals surface area contributed by atoms with Crippen LogP contribution in [0.5, 0.6) is 5.75 Å². The van der Waals surface area contributed by atoms with Gasteiger partial charge < -0.3 is 19.3 Å². The first kappa shape index (κ1) is 19.6. The number of ether oxygens (including phenoxy) is 3. The lowest BCUT2D eigenvalue weighted by Gasteiger charge is -2.26. The van der Waals surface area contributed by atoms with Gasteiger partial charge in [0.15, 0.2) is 0 Å². The van der Waals surface area contributed by atoms with E-state index >= 15 is 0 Å². The lowest BCUT2D eigenvalue weighted by molar-refractivity contribution is -0.142. The average molecular weight is 365 g/mol. The molecule has 1 heterocycles. The van der Waals surface area contributed by atoms with Gasteiger partial charge in [-0.25, -0.2) is 14.4 Å². The number of methoxy groups -OCH3 is 1. The van der Waals surface area contributed by atoms with Crippen molar-refractivity contribution >= 4 is 18.0 Å². The molecule has 8 nitrogen and oxygen atoms in total. The van der Waals surface area contributed by atoms with Crippen molar-refractivity contribution in [3.05, 3.63) is 29.8 Å². The summed E-state index contributed by atoms with van der Waals surface area (Å²) < 4.78 is 15.7. The number of rotatable bonds is 4. The molecule has 8 heteroatoms. The zero-order chi connectivity index (χ0) is 19.5. The van der Waals surface area contributed by atoms with Gasteiger partial charge in [0, 0.05) is 6.42 Å². The highest BCUT2D eigenvalue weighted by atomic mass is 16.6. The molecule has 1 N–H and O–H groups in total. The standard InChI is InChI=1S/C18H23NO7/c1-18(2,3)26-17(23)19-10-13(9-14(19)15(20)21)25-12-7-5-11(6-8-12)16(22)24-4/h5-8,13-14H,9-10H2,1-4H3,(H,20,21). The first-order valence-electron chi connectivity index (χ1n) is 8.18. The predicted octanol–water partition coefficient (Wildman–Crippen LogP) is 2.31. The van der Waals surface area contributed by atoms with Crippen molar-refractivity contribution in [3.63, 3.8) is 0 Å². The number of hydrogen-bond acceptors (Lipinski definition) is 6. The predicted molar refractivity (Wildman–Crippen MR) is 91.2 cm³/mol. The number of carboxylic acid groups (broad SMARTS) is 1. The maximum Gasteiger partial charge on any atom is 0.411 e. The summed E-state index contributed by atoms with van der Waals surface area (Å²) >= 11 is 0. The summed E-state index contributed by atoms with van der Waals surface area (Å²) in [6, 6.07) is 5.28. The number of likely N-dealkylation sites (tertiary alicyclic amines) is 1. The molecule has 1 amide bonds. The number of hydrogen-bond donors (Lipinski definition) is 1. The number of carboxylic acids is 1. The zero-order valence-corrected chi connectivity index (χ0v) is 15.2. The Labute approximate surface area is 151 Å². The Kier molecular flexibility index (Phi) is 5.74. The molecule has 0 bridgehead atoms. The highest BCUT2D eigenvalue weighted by Crippen LogP contribution is 2.25. The van der Waals surface area contributed by atoms with Gasteiger partial charge in [-0.3, -0.25) is 4.90 Å². The molecule has 0 spiro atoms. The number of aliphatic carboxylic acids is 1. The summed E-state index contributed by atoms with van der Waals surface area (Å²) in [7, 11) is 1.29. The van der Waals surface area contributed by atoms with Crippen LogP contribution in [0.2, 0.25) is 0 Å². The maximum atomic E-state index is 12.3. The Bertz CT molecular complexity index is 678. The Morgan fingerprint density at radius 1 is 1.15 bits per heavy atom. The van der Waals surface area contributed by atoms with Crippen molar-refractivity contribution in [2.24, 2.45) is 0 Å². The van der Waals surface area contributed by atoms with E-state index in [1.54, 1.807) is 45.0 Å². The Morgan fingerprint density at radius 2 is 1.77 bits per heavy atom. The second-order valence-corrected chi connectivity index (χ2v) is 6.98. The molecule has 1 aliphatic rings. The number of carbonyl (C=O) groups excluding carboxylic acids is 2. The van der Waals surface area contributed by atoms with Crippen LogP contribution in [0.15, 0.2) is 24.3 Å². The Balaban J connectivity index is 2.06. The van der Waals surface area contributed by atoms with Gasteiger partial charge in [-0.15, -0.1) is 0 Å². The monoisotopic (exact) mass is 365 g/mol. The molecule has 1 aromatic carbocycles. The SMILES string of the molecule is COC(=O)c1ccc(OC2CC(C(=O)O)N(C(=O)OC(C)(C)C)C2)cc1. The van der Waals surface area contributed by atoms with Crippen molar-refractivity contribution in [2.45, 2.75) is 44.9 Å². The fraction of sp³-hybridized carbons (Fsp3) is 0.500. The number of amides is 1. The number of benzene rings is 1. The molecule has 1 aromatic rings. The third-order valence-electron chi connectivity index (χ3n) is 3.75. The summed E-state index contributed by atoms with van der Waals surface area (Å²) in [5.41, 5.74) is -0.340. The summed E-state index contributed by atoms with van der Waals surface area (Å²) in [4.78, 5) is 36.3. The molecule has 0 aromatic heterocycles. The minimum absolute atomic E-state index is 0.102. The largest absolute Gasteiger partial charge is 0.488 e. The highest BCUT2D eigenvalue weighted by Gasteiger charge is 2.42. The molecule has 2 atom stereocenters. The first-order chi connectivity index (χ1) is 12.1. The van der Waals surface area contributed by atoms with Crippen molar-refractivity contribution < 1.29 is 33.7 Å². The second-order valence-electron chi connectivity index (χ2n) is 6.98. The van der Waals surface area contributed by atoms with Gasteiger partial charge in [-0.2, -0.15) is 0 Å². The Hall–Kier alpha value is -2.77. The fourth-order valence-corrected chi connectivity index (χ4v) is 2.62. The maximum absolute atomic E-state index is 12.3. The molecule has 26 heavy (non-hydrogen) atoms. The van der Waals surface area contributed by atoms with Crippen LogP contribution in [-0.4, -0.2) is 59.4 Å². The summed E-state index contributed by atoms with van der Waals surface area (Å²) in [5, 5.41) is 9.38. The van der Waals surface area contributed by atoms with Crippen molar-refractivity contribution in [3.8, 4) is 5.75 Å². The van der Waals surface area contributed by atoms with Gasteiger partial charge in [0.05, 0.1) is 19.2 Å². The summed E-state index contributed by atoms with van der Waals surface area (Å²) in [6.45, 7) is 5.25. The lowest BCUT2D eigenvalue weighted by Crippen LogP contribution is -2.43. The van der Waals surface area contributed by atoms with Crippen LogP contribution in [0.25, 0.3) is 0 Å². The van der Waals surface area contributed by atoms with E-state index in [2.05, 4.69) is 4.74 Å². The van der Waals surface area contributed by atoms with Crippen LogP contribution in [0.1, 0.15) is 37.6 Å². The van der Waals surface area contributed by atoms with E-state index in [1.807, 2.05) is 0 Å². The van der Waals surface area contributed by atoms with E-state index in [9.17, 15) is 19.5 Å². The third kappa shape index (κ3) is 4.87. The van der Waals surface area contributed by atoms with Crippen LogP contribution < -0.4 is 4.74 Å². The third-order valence-corrected chi connectivity index (χ3v) is 3.75. The van der Waals surface area contributed by atoms with E-state index in [1.165, 1.54) is 12.0 Å². The number of carbonyl (C=O) groups is 3. The van der Waals surface area contributed by atoms with E-state index in [4.69, 9.17) is 9.47 Å². The minimum Gasteiger partial charge on any atom is -0.488 e. The average Bonchev–Trinajstić information content (AvgIpc) is 2.97. The van der Waals surface area contributed by atoms with Gasteiger partial charge in [-0.05, 0) is 45.0 Å². The molecule has 1 fully saturated rings. The highest BCUT2D eigenvalue weighted by molar-refractivity contribution is 5.89. The second kappa shape index (κ2) is 7.63. The van der Waals surface area contributed by atoms with Crippen LogP contribution >= 0.6 is 0 Å². The van der Waals surface area contributed by atoms with E-state index in [0.29, 0.717) is 11.3 Å². The quantitative estimate of drug-likeness (QED) is 0.817. The molecule has 2 unspecified atom stereocenters. The molecular formula is C18H23NO7. The smallest absolute Gasteiger partial charge is 0.411 e. The van der Waals surface area contributed by atoms with Crippen molar-refractivity contribution in [1.82, 2.24) is 4.90 Å². The van der Waals surface area contributed by atoms with E-state index < -0.39 is 35.8 Å². The fourth-order valence-electron chi connectivity index (χ4n) is 2.62. The van der Waals surface area contributed by atoms with Crippen molar-refractivity contribution in [1.29, 1.82) is 0 Å². The number of esters is 1. The van der Waals surface area contributed by atoms with E-state index in [0.717, 1.165) is 0 Å². The molecule has 142 valence electrons. The molecule has 0 radical (unpaired) electrons. The normalized spacial score (nSPS) is 19.8. The first-order valence-corrected chi connectivity index (χ1v) is 8.18. The summed E-state index contributed by atoms with van der Waals surface area (Å²) in [6.07, 6.45) is -1.03. The summed E-state index contributed by atoms with van der Waals surface area (Å²) in [5.74, 6) is -1.10. The van der Waals surface area contributed by atoms with E-state index in [-0.39, 0.29) is 13.0 Å². The minimum atomic E-state index is -1.11. The lowest BCUT2D eigenvalue weighted by atomic mass is 10.2. The van der Waals surface area contributed by atoms with Crippen LogP contribution in [0.3, 0.4) is 0 Å². The van der Waals surface area contributed by atoms with Crippen LogP contribution in [0, 0.1) is 0 Å². The van der Waals surface area contributed by atoms with Gasteiger partial charge in [-0.1, -0.05) is 0 Å². The molecule has 0 saturated carbocycles. The zero-order valence-electron chi connectivity index (χ0n) is 15.2. The molecule has 1 aliphatic heterocycles. The van der Waals surface area contributed by atoms with Crippen molar-refractivity contribution in [2.75, 3.05) is 13.7 Å². The number of nitrogens with zero attached hydrogens (tertiary/aromatic N) is 1. The van der Waals surface area contributed by atoms with Gasteiger partial charge in [0.2, 0.25) is 0 Å². The van der Waals surface area contributed by atoms with Crippen LogP contribution in [0.4, 0.5) is 4.79 Å². The Morgan fingerprint density at radius 3 is 2.27 bits per heavy atom. The molecule has 0 aliphatic carbocycles. The van der Waals surface area contributed by atoms with Gasteiger partial charge in [0.1, 0.15) is 23.5 Å². The van der Waals surface area contributed by atoms with Gasteiger partial charge in [0.25, 0.3) is 0 Å². The molecule has 2 rings (SSSR count). The molecular weight excluding hydrogens is 342 g/mol.